The third kappa shape index (κ3) is 5.60. The molecule has 1 N–H and O–H groups in total. The average Bonchev–Trinajstić information content (AvgIpc) is 3.33. The third-order valence-electron chi connectivity index (χ3n) is 6.28. The lowest BCUT2D eigenvalue weighted by atomic mass is 10.1. The lowest BCUT2D eigenvalue weighted by Gasteiger charge is -2.38. The monoisotopic (exact) mass is 574 g/mol. The van der Waals surface area contributed by atoms with Crippen LogP contribution in [0.15, 0.2) is 65.4 Å². The number of fused-ring (bicyclic) bond motifs is 1. The number of halogens is 1. The number of ether oxygens (including phenoxy) is 1. The first-order valence-electron chi connectivity index (χ1n) is 11.6. The molecule has 1 atom stereocenters. The Labute approximate surface area is 230 Å². The van der Waals surface area contributed by atoms with E-state index in [1.54, 1.807) is 66.6 Å². The van der Waals surface area contributed by atoms with E-state index >= 15 is 0 Å². The summed E-state index contributed by atoms with van der Waals surface area (Å²) in [5.74, 6) is -0.893. The molecule has 1 aliphatic heterocycles. The number of likely N-dealkylation sites (N-methyl/N-ethyl adjacent to an activating group) is 1. The Balaban J connectivity index is 1.56. The molecule has 38 heavy (non-hydrogen) atoms. The van der Waals surface area contributed by atoms with Crippen LogP contribution in [0.2, 0.25) is 5.02 Å². The molecule has 0 unspecified atom stereocenters. The van der Waals surface area contributed by atoms with Gasteiger partial charge in [0.1, 0.15) is 16.1 Å². The average molecular weight is 575 g/mol. The smallest absolute Gasteiger partial charge is 0.329 e. The van der Waals surface area contributed by atoms with E-state index in [-0.39, 0.29) is 17.3 Å². The number of amidine groups is 1. The van der Waals surface area contributed by atoms with E-state index in [2.05, 4.69) is 6.58 Å². The number of carbonyl (C=O) groups excluding carboxylic acids is 2. The predicted octanol–water partition coefficient (Wildman–Crippen LogP) is 3.57. The Morgan fingerprint density at radius 2 is 1.97 bits per heavy atom. The highest BCUT2D eigenvalue weighted by Gasteiger charge is 2.42. The number of piperazine rings is 1. The molecular formula is C26H27ClN4O5S2. The maximum atomic E-state index is 13.5. The maximum Gasteiger partial charge on any atom is 0.329 e. The van der Waals surface area contributed by atoms with Gasteiger partial charge in [0.05, 0.1) is 13.7 Å². The number of nitrogens with zero attached hydrogens (tertiary/aromatic N) is 3. The molecule has 0 saturated carbocycles. The lowest BCUT2D eigenvalue weighted by Crippen LogP contribution is -2.60. The second kappa shape index (κ2) is 11.2. The Morgan fingerprint density at radius 3 is 2.63 bits per heavy atom. The number of thiophene rings is 1. The van der Waals surface area contributed by atoms with Gasteiger partial charge in [0.2, 0.25) is 5.91 Å². The van der Waals surface area contributed by atoms with E-state index in [9.17, 15) is 18.0 Å². The highest BCUT2D eigenvalue weighted by Crippen LogP contribution is 2.33. The van der Waals surface area contributed by atoms with Crippen LogP contribution >= 0.6 is 22.9 Å². The summed E-state index contributed by atoms with van der Waals surface area (Å²) < 4.78 is 33.7. The number of hydrogen-bond acceptors (Lipinski definition) is 7. The van der Waals surface area contributed by atoms with Gasteiger partial charge in [0.15, 0.2) is 0 Å². The molecule has 2 aromatic carbocycles. The van der Waals surface area contributed by atoms with Crippen molar-refractivity contribution in [3.8, 4) is 0 Å². The van der Waals surface area contributed by atoms with Crippen LogP contribution in [0.25, 0.3) is 10.1 Å². The zero-order chi connectivity index (χ0) is 27.6. The summed E-state index contributed by atoms with van der Waals surface area (Å²) >= 11 is 7.10. The fraction of sp³-hybridized carbons (Fsp3) is 0.269. The summed E-state index contributed by atoms with van der Waals surface area (Å²) in [7, 11) is -1.06. The standard InChI is InChI=1S/C26H27ClN4O5S2/c1-4-11-29(2)25(28)18-7-5-17(6-8-18)14-31-21(26(33)36-3)15-30(16-23(31)32)38(34,35)24-12-19-9-10-20(27)13-22(19)37-24/h4-10,12-13,21,28H,1,11,14-16H2,2-3H3/t21-/m1/s1. The van der Waals surface area contributed by atoms with Gasteiger partial charge in [0, 0.05) is 42.0 Å². The van der Waals surface area contributed by atoms with Crippen molar-refractivity contribution in [3.05, 3.63) is 77.3 Å². The maximum absolute atomic E-state index is 13.5. The van der Waals surface area contributed by atoms with E-state index in [1.165, 1.54) is 12.0 Å². The number of benzene rings is 2. The highest BCUT2D eigenvalue weighted by atomic mass is 35.5. The molecule has 1 aliphatic rings. The Kier molecular flexibility index (Phi) is 8.22. The summed E-state index contributed by atoms with van der Waals surface area (Å²) in [6, 6.07) is 12.6. The zero-order valence-corrected chi connectivity index (χ0v) is 23.3. The first kappa shape index (κ1) is 27.8. The summed E-state index contributed by atoms with van der Waals surface area (Å²) in [5, 5.41) is 9.50. The van der Waals surface area contributed by atoms with Crippen molar-refractivity contribution >= 4 is 60.8 Å². The van der Waals surface area contributed by atoms with Gasteiger partial charge in [0.25, 0.3) is 10.0 Å². The molecule has 0 radical (unpaired) electrons. The number of carbonyl (C=O) groups is 2. The molecule has 12 heteroatoms. The molecule has 0 bridgehead atoms. The summed E-state index contributed by atoms with van der Waals surface area (Å²) in [6.07, 6.45) is 1.71. The van der Waals surface area contributed by atoms with Crippen molar-refractivity contribution in [2.24, 2.45) is 0 Å². The minimum Gasteiger partial charge on any atom is -0.467 e. The van der Waals surface area contributed by atoms with Crippen LogP contribution in [0.4, 0.5) is 0 Å². The van der Waals surface area contributed by atoms with Crippen LogP contribution < -0.4 is 0 Å². The first-order valence-corrected chi connectivity index (χ1v) is 14.2. The minimum atomic E-state index is -4.05. The molecular weight excluding hydrogens is 548 g/mol. The molecule has 9 nitrogen and oxygen atoms in total. The van der Waals surface area contributed by atoms with Crippen LogP contribution in [0, 0.1) is 5.41 Å². The minimum absolute atomic E-state index is 0.0686. The number of sulfonamides is 1. The quantitative estimate of drug-likeness (QED) is 0.191. The zero-order valence-electron chi connectivity index (χ0n) is 20.9. The van der Waals surface area contributed by atoms with E-state index in [4.69, 9.17) is 21.7 Å². The number of methoxy groups -OCH3 is 1. The summed E-state index contributed by atoms with van der Waals surface area (Å²) in [5.41, 5.74) is 1.42. The normalized spacial score (nSPS) is 16.4. The molecule has 1 saturated heterocycles. The van der Waals surface area contributed by atoms with Gasteiger partial charge in [-0.2, -0.15) is 4.31 Å². The second-order valence-corrected chi connectivity index (χ2v) is 12.5. The van der Waals surface area contributed by atoms with Crippen LogP contribution in [0.5, 0.6) is 0 Å². The van der Waals surface area contributed by atoms with E-state index < -0.39 is 34.5 Å². The largest absolute Gasteiger partial charge is 0.467 e. The van der Waals surface area contributed by atoms with Crippen molar-refractivity contribution in [2.75, 3.05) is 33.8 Å². The van der Waals surface area contributed by atoms with Crippen molar-refractivity contribution in [2.45, 2.75) is 16.8 Å². The van der Waals surface area contributed by atoms with Crippen molar-refractivity contribution in [3.63, 3.8) is 0 Å². The highest BCUT2D eigenvalue weighted by molar-refractivity contribution is 7.91. The van der Waals surface area contributed by atoms with Crippen molar-refractivity contribution in [1.29, 1.82) is 5.41 Å². The van der Waals surface area contributed by atoms with Gasteiger partial charge >= 0.3 is 5.97 Å². The van der Waals surface area contributed by atoms with Gasteiger partial charge in [-0.05, 0) is 29.1 Å². The van der Waals surface area contributed by atoms with E-state index in [1.807, 2.05) is 0 Å². The number of rotatable bonds is 8. The SMILES string of the molecule is C=CCN(C)C(=N)c1ccc(CN2C(=O)CN(S(=O)(=O)c3cc4ccc(Cl)cc4s3)C[C@@H]2C(=O)OC)cc1. The Morgan fingerprint density at radius 1 is 1.26 bits per heavy atom. The van der Waals surface area contributed by atoms with E-state index in [0.29, 0.717) is 27.7 Å². The van der Waals surface area contributed by atoms with Gasteiger partial charge in [-0.3, -0.25) is 10.2 Å². The van der Waals surface area contributed by atoms with E-state index in [0.717, 1.165) is 26.6 Å². The number of hydrogen-bond donors (Lipinski definition) is 1. The van der Waals surface area contributed by atoms with Crippen LogP contribution in [0.3, 0.4) is 0 Å². The van der Waals surface area contributed by atoms with Crippen molar-refractivity contribution < 1.29 is 22.7 Å². The van der Waals surface area contributed by atoms with Crippen LogP contribution in [-0.4, -0.2) is 80.1 Å². The Bertz CT molecular complexity index is 1500. The fourth-order valence-electron chi connectivity index (χ4n) is 4.20. The number of nitrogens with one attached hydrogen (secondary N) is 1. The lowest BCUT2D eigenvalue weighted by molar-refractivity contribution is -0.157. The molecule has 0 spiro atoms. The molecule has 1 aromatic heterocycles. The predicted molar refractivity (Wildman–Crippen MR) is 148 cm³/mol. The van der Waals surface area contributed by atoms with Crippen LogP contribution in [0.1, 0.15) is 11.1 Å². The third-order valence-corrected chi connectivity index (χ3v) is 9.87. The summed E-state index contributed by atoms with van der Waals surface area (Å²) in [6.45, 7) is 3.66. The molecule has 1 amide bonds. The second-order valence-electron chi connectivity index (χ2n) is 8.82. The van der Waals surface area contributed by atoms with Gasteiger partial charge in [-0.15, -0.1) is 17.9 Å². The molecule has 0 aliphatic carbocycles. The Hall–Kier alpha value is -3.25. The summed E-state index contributed by atoms with van der Waals surface area (Å²) in [4.78, 5) is 29.0. The molecule has 1 fully saturated rings. The number of esters is 1. The molecule has 3 aromatic rings. The van der Waals surface area contributed by atoms with Crippen LogP contribution in [-0.2, 0) is 30.9 Å². The van der Waals surface area contributed by atoms with Crippen molar-refractivity contribution in [1.82, 2.24) is 14.1 Å². The fourth-order valence-corrected chi connectivity index (χ4v) is 7.42. The first-order chi connectivity index (χ1) is 18.0. The van der Waals surface area contributed by atoms with Gasteiger partial charge in [-0.25, -0.2) is 13.2 Å². The number of amides is 1. The molecule has 2 heterocycles. The topological polar surface area (TPSA) is 111 Å². The van der Waals surface area contributed by atoms with Gasteiger partial charge < -0.3 is 14.5 Å². The van der Waals surface area contributed by atoms with Gasteiger partial charge in [-0.1, -0.05) is 48.0 Å². The molecule has 200 valence electrons. The molecule has 4 rings (SSSR count).